The zero-order chi connectivity index (χ0) is 15.4. The number of aromatic nitrogens is 2. The normalized spacial score (nSPS) is 10.4. The number of ether oxygens (including phenoxy) is 3. The molecule has 0 aliphatic carbocycles. The average Bonchev–Trinajstić information content (AvgIpc) is 2.96. The maximum Gasteiger partial charge on any atom is 0.353 e. The molecule has 0 saturated carbocycles. The van der Waals surface area contributed by atoms with Gasteiger partial charge in [-0.05, 0) is 12.1 Å². The van der Waals surface area contributed by atoms with E-state index in [1.54, 1.807) is 13.2 Å². The number of carboxylic acids is 1. The Morgan fingerprint density at radius 1 is 1.24 bits per heavy atom. The summed E-state index contributed by atoms with van der Waals surface area (Å²) < 4.78 is 15.9. The van der Waals surface area contributed by atoms with Crippen LogP contribution in [0.2, 0.25) is 0 Å². The molecule has 1 aromatic heterocycles. The second-order valence-electron chi connectivity index (χ2n) is 4.24. The molecule has 2 aromatic rings. The molecule has 0 atom stereocenters. The number of H-pyrrole nitrogens is 1. The first-order valence-corrected chi connectivity index (χ1v) is 6.14. The van der Waals surface area contributed by atoms with E-state index in [1.165, 1.54) is 20.3 Å². The van der Waals surface area contributed by atoms with Crippen LogP contribution in [0.3, 0.4) is 0 Å². The van der Waals surface area contributed by atoms with Gasteiger partial charge in [0.15, 0.2) is 11.5 Å². The van der Waals surface area contributed by atoms with Crippen molar-refractivity contribution in [2.24, 2.45) is 0 Å². The summed E-state index contributed by atoms with van der Waals surface area (Å²) in [6.45, 7) is 0.376. The summed E-state index contributed by atoms with van der Waals surface area (Å²) in [7, 11) is 4.64. The highest BCUT2D eigenvalue weighted by Gasteiger charge is 2.19. The van der Waals surface area contributed by atoms with E-state index in [9.17, 15) is 4.79 Å². The molecule has 0 spiro atoms. The van der Waals surface area contributed by atoms with Crippen LogP contribution in [0.25, 0.3) is 11.3 Å². The first-order chi connectivity index (χ1) is 10.1. The number of nitrogens with one attached hydrogen (secondary N) is 1. The predicted molar refractivity (Wildman–Crippen MR) is 74.8 cm³/mol. The smallest absolute Gasteiger partial charge is 0.353 e. The van der Waals surface area contributed by atoms with Crippen LogP contribution in [0.5, 0.6) is 11.5 Å². The van der Waals surface area contributed by atoms with Crippen molar-refractivity contribution in [1.29, 1.82) is 0 Å². The molecule has 0 radical (unpaired) electrons. The van der Waals surface area contributed by atoms with Gasteiger partial charge in [0, 0.05) is 18.2 Å². The minimum absolute atomic E-state index is 0.00647. The molecule has 2 N–H and O–H groups in total. The lowest BCUT2D eigenvalue weighted by molar-refractivity contribution is 0.0690. The molecule has 0 fully saturated rings. The van der Waals surface area contributed by atoms with Crippen LogP contribution in [-0.2, 0) is 11.3 Å². The Morgan fingerprint density at radius 2 is 1.95 bits per heavy atom. The van der Waals surface area contributed by atoms with Gasteiger partial charge in [-0.3, -0.25) is 5.10 Å². The Balaban J connectivity index is 2.54. The topological polar surface area (TPSA) is 93.7 Å². The van der Waals surface area contributed by atoms with Gasteiger partial charge in [-0.1, -0.05) is 6.07 Å². The first-order valence-electron chi connectivity index (χ1n) is 6.14. The van der Waals surface area contributed by atoms with Crippen LogP contribution in [0.15, 0.2) is 18.2 Å². The Hall–Kier alpha value is -2.54. The molecule has 0 amide bonds. The SMILES string of the molecule is COCc1ccc(-c2cc(C(=O)O)[nH]n2)c(OC)c1OC. The van der Waals surface area contributed by atoms with Gasteiger partial charge in [-0.2, -0.15) is 5.10 Å². The molecule has 2 rings (SSSR count). The van der Waals surface area contributed by atoms with E-state index in [2.05, 4.69) is 10.2 Å². The van der Waals surface area contributed by atoms with Crippen molar-refractivity contribution >= 4 is 5.97 Å². The molecule has 7 nitrogen and oxygen atoms in total. The zero-order valence-electron chi connectivity index (χ0n) is 12.0. The maximum atomic E-state index is 10.9. The molecule has 0 aliphatic heterocycles. The van der Waals surface area contributed by atoms with E-state index >= 15 is 0 Å². The Bertz CT molecular complexity index is 651. The van der Waals surface area contributed by atoms with Crippen LogP contribution in [0.1, 0.15) is 16.1 Å². The highest BCUT2D eigenvalue weighted by Crippen LogP contribution is 2.40. The van der Waals surface area contributed by atoms with E-state index in [-0.39, 0.29) is 5.69 Å². The van der Waals surface area contributed by atoms with Gasteiger partial charge in [0.2, 0.25) is 0 Å². The monoisotopic (exact) mass is 292 g/mol. The number of carbonyl (C=O) groups is 1. The molecule has 21 heavy (non-hydrogen) atoms. The van der Waals surface area contributed by atoms with Crippen molar-refractivity contribution < 1.29 is 24.1 Å². The number of hydrogen-bond donors (Lipinski definition) is 2. The van der Waals surface area contributed by atoms with Gasteiger partial charge in [0.05, 0.1) is 26.5 Å². The number of nitrogens with zero attached hydrogens (tertiary/aromatic N) is 1. The predicted octanol–water partition coefficient (Wildman–Crippen LogP) is 1.94. The van der Waals surface area contributed by atoms with Crippen molar-refractivity contribution in [1.82, 2.24) is 10.2 Å². The van der Waals surface area contributed by atoms with Crippen molar-refractivity contribution in [3.63, 3.8) is 0 Å². The van der Waals surface area contributed by atoms with Gasteiger partial charge < -0.3 is 19.3 Å². The van der Waals surface area contributed by atoms with E-state index in [0.717, 1.165) is 5.56 Å². The van der Waals surface area contributed by atoms with Gasteiger partial charge in [-0.25, -0.2) is 4.79 Å². The van der Waals surface area contributed by atoms with Gasteiger partial charge in [-0.15, -0.1) is 0 Å². The van der Waals surface area contributed by atoms with Crippen LogP contribution in [0, 0.1) is 0 Å². The van der Waals surface area contributed by atoms with Crippen molar-refractivity contribution in [3.05, 3.63) is 29.5 Å². The molecular formula is C14H16N2O5. The van der Waals surface area contributed by atoms with Crippen LogP contribution in [0.4, 0.5) is 0 Å². The molecule has 0 unspecified atom stereocenters. The lowest BCUT2D eigenvalue weighted by Crippen LogP contribution is -1.99. The maximum absolute atomic E-state index is 10.9. The fourth-order valence-electron chi connectivity index (χ4n) is 2.07. The van der Waals surface area contributed by atoms with Crippen molar-refractivity contribution in [2.45, 2.75) is 6.61 Å². The Morgan fingerprint density at radius 3 is 2.48 bits per heavy atom. The molecule has 1 aromatic carbocycles. The summed E-state index contributed by atoms with van der Waals surface area (Å²) in [4.78, 5) is 10.9. The highest BCUT2D eigenvalue weighted by atomic mass is 16.5. The quantitative estimate of drug-likeness (QED) is 0.845. The molecule has 0 aliphatic rings. The van der Waals surface area contributed by atoms with Crippen LogP contribution < -0.4 is 9.47 Å². The summed E-state index contributed by atoms with van der Waals surface area (Å²) >= 11 is 0. The third kappa shape index (κ3) is 2.82. The fraction of sp³-hybridized carbons (Fsp3) is 0.286. The third-order valence-electron chi connectivity index (χ3n) is 2.99. The second-order valence-corrected chi connectivity index (χ2v) is 4.24. The average molecular weight is 292 g/mol. The number of aromatic amines is 1. The van der Waals surface area contributed by atoms with Crippen LogP contribution in [-0.4, -0.2) is 42.6 Å². The number of rotatable bonds is 6. The number of hydrogen-bond acceptors (Lipinski definition) is 5. The Kier molecular flexibility index (Phi) is 4.44. The highest BCUT2D eigenvalue weighted by molar-refractivity contribution is 5.87. The van der Waals surface area contributed by atoms with Crippen molar-refractivity contribution in [2.75, 3.05) is 21.3 Å². The molecule has 0 saturated heterocycles. The number of aromatic carboxylic acids is 1. The van der Waals surface area contributed by atoms with E-state index < -0.39 is 5.97 Å². The van der Waals surface area contributed by atoms with Crippen molar-refractivity contribution in [3.8, 4) is 22.8 Å². The molecule has 0 bridgehead atoms. The summed E-state index contributed by atoms with van der Waals surface area (Å²) in [5.74, 6) is -0.0529. The largest absolute Gasteiger partial charge is 0.492 e. The summed E-state index contributed by atoms with van der Waals surface area (Å²) in [6, 6.07) is 5.06. The minimum atomic E-state index is -1.07. The zero-order valence-corrected chi connectivity index (χ0v) is 12.0. The lowest BCUT2D eigenvalue weighted by Gasteiger charge is -2.15. The van der Waals surface area contributed by atoms with Crippen LogP contribution >= 0.6 is 0 Å². The van der Waals surface area contributed by atoms with E-state index in [1.807, 2.05) is 6.07 Å². The Labute approximate surface area is 121 Å². The molecular weight excluding hydrogens is 276 g/mol. The summed E-state index contributed by atoms with van der Waals surface area (Å²) in [6.07, 6.45) is 0. The third-order valence-corrected chi connectivity index (χ3v) is 2.99. The number of methoxy groups -OCH3 is 3. The standard InChI is InChI=1S/C14H16N2O5/c1-19-7-8-4-5-9(13(21-3)12(8)20-2)10-6-11(14(17)18)16-15-10/h4-6H,7H2,1-3H3,(H,15,16)(H,17,18). The number of benzene rings is 1. The van der Waals surface area contributed by atoms with E-state index in [0.29, 0.717) is 29.4 Å². The van der Waals surface area contributed by atoms with Gasteiger partial charge >= 0.3 is 5.97 Å². The number of carboxylic acid groups (broad SMARTS) is 1. The summed E-state index contributed by atoms with van der Waals surface area (Å²) in [5, 5.41) is 15.4. The first kappa shape index (κ1) is 14.9. The van der Waals surface area contributed by atoms with Gasteiger partial charge in [0.1, 0.15) is 5.69 Å². The fourth-order valence-corrected chi connectivity index (χ4v) is 2.07. The molecule has 7 heteroatoms. The minimum Gasteiger partial charge on any atom is -0.492 e. The second kappa shape index (κ2) is 6.27. The molecule has 112 valence electrons. The molecule has 1 heterocycles. The van der Waals surface area contributed by atoms with Gasteiger partial charge in [0.25, 0.3) is 0 Å². The lowest BCUT2D eigenvalue weighted by atomic mass is 10.1. The summed E-state index contributed by atoms with van der Waals surface area (Å²) in [5.41, 5.74) is 1.94. The van der Waals surface area contributed by atoms with E-state index in [4.69, 9.17) is 19.3 Å².